The Labute approximate surface area is 77.2 Å². The highest BCUT2D eigenvalue weighted by Crippen LogP contribution is 2.16. The second kappa shape index (κ2) is 4.91. The highest BCUT2D eigenvalue weighted by atomic mass is 19.4. The van der Waals surface area contributed by atoms with Gasteiger partial charge in [-0.2, -0.15) is 13.2 Å². The van der Waals surface area contributed by atoms with Crippen LogP contribution in [0.15, 0.2) is 0 Å². The molecule has 0 aliphatic heterocycles. The predicted molar refractivity (Wildman–Crippen MR) is 38.8 cm³/mol. The van der Waals surface area contributed by atoms with Crippen LogP contribution in [0.2, 0.25) is 0 Å². The van der Waals surface area contributed by atoms with Gasteiger partial charge in [-0.25, -0.2) is 9.59 Å². The molecule has 8 heteroatoms. The van der Waals surface area contributed by atoms with Crippen LogP contribution in [0.1, 0.15) is 6.42 Å². The molecule has 0 aromatic rings. The third kappa shape index (κ3) is 4.19. The van der Waals surface area contributed by atoms with Gasteiger partial charge in [0.25, 0.3) is 0 Å². The second-order valence-corrected chi connectivity index (χ2v) is 2.39. The Bertz CT molecular complexity index is 229. The Morgan fingerprint density at radius 1 is 1.36 bits per heavy atom. The van der Waals surface area contributed by atoms with E-state index >= 15 is 0 Å². The van der Waals surface area contributed by atoms with E-state index in [4.69, 9.17) is 11.5 Å². The van der Waals surface area contributed by atoms with Crippen LogP contribution in [0, 0.1) is 0 Å². The van der Waals surface area contributed by atoms with Crippen LogP contribution in [-0.2, 0) is 14.3 Å². The van der Waals surface area contributed by atoms with E-state index in [9.17, 15) is 22.8 Å². The minimum Gasteiger partial charge on any atom is -0.385 e. The normalized spacial score (nSPS) is 13.5. The Kier molecular flexibility index (Phi) is 4.51. The lowest BCUT2D eigenvalue weighted by atomic mass is 10.2. The highest BCUT2D eigenvalue weighted by molar-refractivity contribution is 5.90. The van der Waals surface area contributed by atoms with Gasteiger partial charge in [0.1, 0.15) is 6.04 Å². The van der Waals surface area contributed by atoms with Gasteiger partial charge in [-0.15, -0.1) is 0 Å². The smallest absolute Gasteiger partial charge is 0.385 e. The lowest BCUT2D eigenvalue weighted by Crippen LogP contribution is -2.38. The lowest BCUT2D eigenvalue weighted by Gasteiger charge is -2.09. The molecular formula is C6H9F3N2O3. The molecule has 0 aromatic carbocycles. The fourth-order valence-electron chi connectivity index (χ4n) is 0.522. The maximum Gasteiger partial charge on any atom is 0.491 e. The molecule has 0 heterocycles. The van der Waals surface area contributed by atoms with Gasteiger partial charge in [-0.05, 0) is 13.0 Å². The van der Waals surface area contributed by atoms with Crippen LogP contribution in [0.5, 0.6) is 0 Å². The van der Waals surface area contributed by atoms with Gasteiger partial charge in [0.2, 0.25) is 0 Å². The fourth-order valence-corrected chi connectivity index (χ4v) is 0.522. The molecule has 1 atom stereocenters. The monoisotopic (exact) mass is 214 g/mol. The first-order valence-corrected chi connectivity index (χ1v) is 3.57. The van der Waals surface area contributed by atoms with E-state index in [0.717, 1.165) is 0 Å². The van der Waals surface area contributed by atoms with Crippen molar-refractivity contribution in [2.45, 2.75) is 18.6 Å². The van der Waals surface area contributed by atoms with E-state index in [1.807, 2.05) is 0 Å². The molecule has 0 saturated carbocycles. The summed E-state index contributed by atoms with van der Waals surface area (Å²) in [6.07, 6.45) is -5.25. The van der Waals surface area contributed by atoms with Crippen molar-refractivity contribution in [3.63, 3.8) is 0 Å². The molecule has 0 aliphatic rings. The predicted octanol–water partition coefficient (Wildman–Crippen LogP) is -0.705. The number of esters is 2. The third-order valence-electron chi connectivity index (χ3n) is 1.21. The molecule has 0 aliphatic carbocycles. The summed E-state index contributed by atoms with van der Waals surface area (Å²) in [5, 5.41) is 0. The zero-order valence-electron chi connectivity index (χ0n) is 7.00. The number of rotatable bonds is 3. The van der Waals surface area contributed by atoms with Crippen molar-refractivity contribution < 1.29 is 27.5 Å². The van der Waals surface area contributed by atoms with Gasteiger partial charge >= 0.3 is 18.1 Å². The molecule has 1 unspecified atom stereocenters. The van der Waals surface area contributed by atoms with Gasteiger partial charge in [0, 0.05) is 0 Å². The van der Waals surface area contributed by atoms with Gasteiger partial charge < -0.3 is 16.2 Å². The Hall–Kier alpha value is -1.15. The largest absolute Gasteiger partial charge is 0.491 e. The minimum atomic E-state index is -5.20. The average molecular weight is 214 g/mol. The number of halogens is 3. The van der Waals surface area contributed by atoms with E-state index in [1.54, 1.807) is 0 Å². The third-order valence-corrected chi connectivity index (χ3v) is 1.21. The van der Waals surface area contributed by atoms with E-state index in [2.05, 4.69) is 4.74 Å². The van der Waals surface area contributed by atoms with Crippen molar-refractivity contribution in [2.24, 2.45) is 11.5 Å². The molecular weight excluding hydrogens is 205 g/mol. The molecule has 0 radical (unpaired) electrons. The van der Waals surface area contributed by atoms with E-state index < -0.39 is 24.2 Å². The Morgan fingerprint density at radius 2 is 1.86 bits per heavy atom. The number of hydrogen-bond acceptors (Lipinski definition) is 5. The minimum absolute atomic E-state index is 0.0104. The molecule has 0 aromatic heterocycles. The summed E-state index contributed by atoms with van der Waals surface area (Å²) < 4.78 is 38.1. The summed E-state index contributed by atoms with van der Waals surface area (Å²) >= 11 is 0. The molecule has 0 fully saturated rings. The standard InChI is InChI=1S/C6H9F3N2O3/c7-6(8,9)5(13)14-4(12)3(11)1-2-10/h3H,1-2,10-11H2. The first kappa shape index (κ1) is 12.8. The van der Waals surface area contributed by atoms with Crippen molar-refractivity contribution >= 4 is 11.9 Å². The SMILES string of the molecule is NCCC(N)C(=O)OC(=O)C(F)(F)F. The summed E-state index contributed by atoms with van der Waals surface area (Å²) in [6, 6.07) is -1.31. The molecule has 14 heavy (non-hydrogen) atoms. The molecule has 0 saturated heterocycles. The van der Waals surface area contributed by atoms with Crippen LogP contribution in [0.3, 0.4) is 0 Å². The molecule has 0 bridgehead atoms. The Morgan fingerprint density at radius 3 is 2.21 bits per heavy atom. The quantitative estimate of drug-likeness (QED) is 0.478. The topological polar surface area (TPSA) is 95.4 Å². The van der Waals surface area contributed by atoms with Crippen molar-refractivity contribution in [3.05, 3.63) is 0 Å². The summed E-state index contributed by atoms with van der Waals surface area (Å²) in [4.78, 5) is 20.8. The molecule has 0 rings (SSSR count). The first-order valence-electron chi connectivity index (χ1n) is 3.57. The highest BCUT2D eigenvalue weighted by Gasteiger charge is 2.42. The number of hydrogen-bond donors (Lipinski definition) is 2. The van der Waals surface area contributed by atoms with Crippen LogP contribution in [0.25, 0.3) is 0 Å². The zero-order valence-corrected chi connectivity index (χ0v) is 7.00. The first-order chi connectivity index (χ1) is 6.29. The van der Waals surface area contributed by atoms with Gasteiger partial charge in [0.15, 0.2) is 0 Å². The number of ether oxygens (including phenoxy) is 1. The average Bonchev–Trinajstić information content (AvgIpc) is 2.02. The Balaban J connectivity index is 4.13. The fraction of sp³-hybridized carbons (Fsp3) is 0.667. The lowest BCUT2D eigenvalue weighted by molar-refractivity contribution is -0.202. The van der Waals surface area contributed by atoms with Crippen LogP contribution < -0.4 is 11.5 Å². The molecule has 0 spiro atoms. The van der Waals surface area contributed by atoms with Crippen molar-refractivity contribution in [2.75, 3.05) is 6.54 Å². The molecule has 5 nitrogen and oxygen atoms in total. The van der Waals surface area contributed by atoms with Crippen molar-refractivity contribution in [3.8, 4) is 0 Å². The number of nitrogens with two attached hydrogens (primary N) is 2. The number of carbonyl (C=O) groups excluding carboxylic acids is 2. The van der Waals surface area contributed by atoms with E-state index in [0.29, 0.717) is 0 Å². The van der Waals surface area contributed by atoms with Gasteiger partial charge in [-0.3, -0.25) is 0 Å². The summed E-state index contributed by atoms with van der Waals surface area (Å²) in [5.74, 6) is -4.01. The van der Waals surface area contributed by atoms with Gasteiger partial charge in [0.05, 0.1) is 0 Å². The van der Waals surface area contributed by atoms with Crippen LogP contribution in [-0.4, -0.2) is 30.7 Å². The molecule has 0 amide bonds. The van der Waals surface area contributed by atoms with Crippen molar-refractivity contribution in [1.82, 2.24) is 0 Å². The van der Waals surface area contributed by atoms with Crippen LogP contribution >= 0.6 is 0 Å². The van der Waals surface area contributed by atoms with E-state index in [1.165, 1.54) is 0 Å². The van der Waals surface area contributed by atoms with E-state index in [-0.39, 0.29) is 13.0 Å². The second-order valence-electron chi connectivity index (χ2n) is 2.39. The summed E-state index contributed by atoms with van der Waals surface area (Å²) in [6.45, 7) is 0.0104. The summed E-state index contributed by atoms with van der Waals surface area (Å²) in [7, 11) is 0. The van der Waals surface area contributed by atoms with Crippen LogP contribution in [0.4, 0.5) is 13.2 Å². The van der Waals surface area contributed by atoms with Crippen molar-refractivity contribution in [1.29, 1.82) is 0 Å². The number of alkyl halides is 3. The maximum atomic E-state index is 11.6. The summed E-state index contributed by atoms with van der Waals surface area (Å²) in [5.41, 5.74) is 10.0. The number of carbonyl (C=O) groups is 2. The maximum absolute atomic E-state index is 11.6. The van der Waals surface area contributed by atoms with Gasteiger partial charge in [-0.1, -0.05) is 0 Å². The zero-order chi connectivity index (χ0) is 11.4. The molecule has 4 N–H and O–H groups in total. The molecule has 82 valence electrons.